The fraction of sp³-hybridized carbons (Fsp3) is 0.353. The first-order chi connectivity index (χ1) is 11.1. The predicted molar refractivity (Wildman–Crippen MR) is 91.1 cm³/mol. The van der Waals surface area contributed by atoms with Crippen LogP contribution in [0, 0.1) is 0 Å². The summed E-state index contributed by atoms with van der Waals surface area (Å²) in [7, 11) is 3.27. The number of halogens is 1. The van der Waals surface area contributed by atoms with Gasteiger partial charge < -0.3 is 19.4 Å². The van der Waals surface area contributed by atoms with E-state index < -0.39 is 0 Å². The summed E-state index contributed by atoms with van der Waals surface area (Å²) in [6, 6.07) is 7.58. The number of nitrogens with zero attached hydrogens (tertiary/aromatic N) is 1. The van der Waals surface area contributed by atoms with Gasteiger partial charge in [0.25, 0.3) is 5.91 Å². The lowest BCUT2D eigenvalue weighted by molar-refractivity contribution is 0.0729. The molecule has 23 heavy (non-hydrogen) atoms. The molecule has 5 nitrogen and oxygen atoms in total. The summed E-state index contributed by atoms with van der Waals surface area (Å²) in [5.74, 6) is 1.51. The van der Waals surface area contributed by atoms with Gasteiger partial charge in [0.15, 0.2) is 0 Å². The summed E-state index contributed by atoms with van der Waals surface area (Å²) in [5, 5.41) is 0. The SMILES string of the molecule is COc1ccc(C2CCCN2C(=O)c2cc(Br)c[nH]2)c(OC)c1. The van der Waals surface area contributed by atoms with Crippen molar-refractivity contribution >= 4 is 21.8 Å². The monoisotopic (exact) mass is 378 g/mol. The number of amides is 1. The number of hydrogen-bond donors (Lipinski definition) is 1. The Balaban J connectivity index is 1.91. The molecular weight excluding hydrogens is 360 g/mol. The summed E-state index contributed by atoms with van der Waals surface area (Å²) in [5.41, 5.74) is 1.61. The summed E-state index contributed by atoms with van der Waals surface area (Å²) in [6.45, 7) is 0.745. The average molecular weight is 379 g/mol. The van der Waals surface area contributed by atoms with Gasteiger partial charge in [-0.3, -0.25) is 4.79 Å². The molecule has 0 spiro atoms. The number of benzene rings is 1. The first-order valence-corrected chi connectivity index (χ1v) is 8.30. The number of likely N-dealkylation sites (tertiary alicyclic amines) is 1. The number of ether oxygens (including phenoxy) is 2. The maximum Gasteiger partial charge on any atom is 0.270 e. The van der Waals surface area contributed by atoms with Crippen molar-refractivity contribution < 1.29 is 14.3 Å². The Bertz CT molecular complexity index is 714. The number of H-pyrrole nitrogens is 1. The Morgan fingerprint density at radius 3 is 2.78 bits per heavy atom. The summed E-state index contributed by atoms with van der Waals surface area (Å²) >= 11 is 3.37. The molecule has 1 amide bonds. The summed E-state index contributed by atoms with van der Waals surface area (Å²) in [4.78, 5) is 17.7. The van der Waals surface area contributed by atoms with E-state index in [0.29, 0.717) is 5.69 Å². The van der Waals surface area contributed by atoms with Crippen molar-refractivity contribution in [3.05, 3.63) is 46.2 Å². The second-order valence-corrected chi connectivity index (χ2v) is 6.41. The number of hydrogen-bond acceptors (Lipinski definition) is 3. The van der Waals surface area contributed by atoms with E-state index in [2.05, 4.69) is 20.9 Å². The average Bonchev–Trinajstić information content (AvgIpc) is 3.22. The topological polar surface area (TPSA) is 54.6 Å². The second kappa shape index (κ2) is 6.66. The van der Waals surface area contributed by atoms with Gasteiger partial charge in [0.1, 0.15) is 17.2 Å². The summed E-state index contributed by atoms with van der Waals surface area (Å²) < 4.78 is 11.6. The third-order valence-electron chi connectivity index (χ3n) is 4.19. The lowest BCUT2D eigenvalue weighted by Gasteiger charge is -2.26. The van der Waals surface area contributed by atoms with Crippen LogP contribution in [0.3, 0.4) is 0 Å². The van der Waals surface area contributed by atoms with Crippen LogP contribution >= 0.6 is 15.9 Å². The lowest BCUT2D eigenvalue weighted by atomic mass is 10.0. The Labute approximate surface area is 143 Å². The fourth-order valence-electron chi connectivity index (χ4n) is 3.07. The van der Waals surface area contributed by atoms with E-state index in [9.17, 15) is 4.79 Å². The van der Waals surface area contributed by atoms with Crippen molar-refractivity contribution in [3.8, 4) is 11.5 Å². The van der Waals surface area contributed by atoms with Crippen molar-refractivity contribution in [2.45, 2.75) is 18.9 Å². The third kappa shape index (κ3) is 3.08. The highest BCUT2D eigenvalue weighted by Gasteiger charge is 2.33. The number of rotatable bonds is 4. The largest absolute Gasteiger partial charge is 0.497 e. The number of carbonyl (C=O) groups is 1. The third-order valence-corrected chi connectivity index (χ3v) is 4.65. The zero-order valence-corrected chi connectivity index (χ0v) is 14.7. The molecule has 1 aromatic carbocycles. The predicted octanol–water partition coefficient (Wildman–Crippen LogP) is 3.77. The smallest absolute Gasteiger partial charge is 0.270 e. The molecular formula is C17H19BrN2O3. The quantitative estimate of drug-likeness (QED) is 0.880. The van der Waals surface area contributed by atoms with Gasteiger partial charge in [-0.2, -0.15) is 0 Å². The molecule has 1 fully saturated rings. The van der Waals surface area contributed by atoms with E-state index in [4.69, 9.17) is 9.47 Å². The van der Waals surface area contributed by atoms with E-state index >= 15 is 0 Å². The van der Waals surface area contributed by atoms with E-state index in [1.54, 1.807) is 20.4 Å². The maximum absolute atomic E-state index is 12.8. The van der Waals surface area contributed by atoms with Crippen LogP contribution in [0.5, 0.6) is 11.5 Å². The van der Waals surface area contributed by atoms with E-state index in [1.807, 2.05) is 29.2 Å². The Kier molecular flexibility index (Phi) is 4.61. The minimum atomic E-state index is 0.0103. The van der Waals surface area contributed by atoms with Gasteiger partial charge in [0.05, 0.1) is 20.3 Å². The van der Waals surface area contributed by atoms with Gasteiger partial charge in [-0.05, 0) is 47.0 Å². The van der Waals surface area contributed by atoms with E-state index in [1.165, 1.54) is 0 Å². The molecule has 1 aromatic heterocycles. The van der Waals surface area contributed by atoms with Crippen LogP contribution in [0.15, 0.2) is 34.9 Å². The molecule has 3 rings (SSSR count). The highest BCUT2D eigenvalue weighted by atomic mass is 79.9. The van der Waals surface area contributed by atoms with Crippen molar-refractivity contribution in [1.29, 1.82) is 0 Å². The molecule has 1 N–H and O–H groups in total. The van der Waals surface area contributed by atoms with Crippen molar-refractivity contribution in [2.24, 2.45) is 0 Å². The number of aromatic nitrogens is 1. The first-order valence-electron chi connectivity index (χ1n) is 7.51. The minimum Gasteiger partial charge on any atom is -0.497 e. The molecule has 1 aliphatic heterocycles. The molecule has 0 aliphatic carbocycles. The van der Waals surface area contributed by atoms with E-state index in [-0.39, 0.29) is 11.9 Å². The van der Waals surface area contributed by atoms with Gasteiger partial charge >= 0.3 is 0 Å². The molecule has 0 bridgehead atoms. The van der Waals surface area contributed by atoms with Crippen molar-refractivity contribution in [2.75, 3.05) is 20.8 Å². The molecule has 1 saturated heterocycles. The standard InChI is InChI=1S/C17H19BrN2O3/c1-22-12-5-6-13(16(9-12)23-2)15-4-3-7-20(15)17(21)14-8-11(18)10-19-14/h5-6,8-10,15,19H,3-4,7H2,1-2H3. The normalized spacial score (nSPS) is 17.3. The van der Waals surface area contributed by atoms with Gasteiger partial charge in [0.2, 0.25) is 0 Å². The molecule has 1 atom stereocenters. The van der Waals surface area contributed by atoms with Gasteiger partial charge in [0, 0.05) is 28.8 Å². The molecule has 6 heteroatoms. The molecule has 0 radical (unpaired) electrons. The molecule has 2 heterocycles. The van der Waals surface area contributed by atoms with Crippen LogP contribution in [0.2, 0.25) is 0 Å². The highest BCUT2D eigenvalue weighted by Crippen LogP contribution is 2.39. The van der Waals surface area contributed by atoms with Gasteiger partial charge in [-0.15, -0.1) is 0 Å². The fourth-order valence-corrected chi connectivity index (χ4v) is 3.42. The highest BCUT2D eigenvalue weighted by molar-refractivity contribution is 9.10. The number of methoxy groups -OCH3 is 2. The Morgan fingerprint density at radius 2 is 2.13 bits per heavy atom. The van der Waals surface area contributed by atoms with Gasteiger partial charge in [-0.25, -0.2) is 0 Å². The van der Waals surface area contributed by atoms with Crippen molar-refractivity contribution in [3.63, 3.8) is 0 Å². The van der Waals surface area contributed by atoms with Crippen LogP contribution in [0.4, 0.5) is 0 Å². The Hall–Kier alpha value is -1.95. The maximum atomic E-state index is 12.8. The van der Waals surface area contributed by atoms with Crippen LogP contribution in [0.1, 0.15) is 34.9 Å². The first kappa shape index (κ1) is 15.9. The molecule has 1 unspecified atom stereocenters. The second-order valence-electron chi connectivity index (χ2n) is 5.50. The van der Waals surface area contributed by atoms with Gasteiger partial charge in [-0.1, -0.05) is 0 Å². The Morgan fingerprint density at radius 1 is 1.30 bits per heavy atom. The molecule has 1 aliphatic rings. The summed E-state index contributed by atoms with van der Waals surface area (Å²) in [6.07, 6.45) is 3.68. The van der Waals surface area contributed by atoms with Crippen molar-refractivity contribution in [1.82, 2.24) is 9.88 Å². The number of carbonyl (C=O) groups excluding carboxylic acids is 1. The zero-order valence-electron chi connectivity index (χ0n) is 13.1. The lowest BCUT2D eigenvalue weighted by Crippen LogP contribution is -2.31. The van der Waals surface area contributed by atoms with Crippen LogP contribution in [0.25, 0.3) is 0 Å². The molecule has 2 aromatic rings. The number of aromatic amines is 1. The molecule has 122 valence electrons. The van der Waals surface area contributed by atoms with Crippen LogP contribution in [-0.2, 0) is 0 Å². The van der Waals surface area contributed by atoms with Crippen LogP contribution < -0.4 is 9.47 Å². The number of nitrogens with one attached hydrogen (secondary N) is 1. The zero-order chi connectivity index (χ0) is 16.4. The van der Waals surface area contributed by atoms with E-state index in [0.717, 1.165) is 40.9 Å². The minimum absolute atomic E-state index is 0.0103. The van der Waals surface area contributed by atoms with Crippen LogP contribution in [-0.4, -0.2) is 36.6 Å². The molecule has 0 saturated carbocycles.